The van der Waals surface area contributed by atoms with E-state index in [1.807, 2.05) is 0 Å². The molecule has 0 N–H and O–H groups in total. The molecular formula is C27H48. The van der Waals surface area contributed by atoms with Crippen LogP contribution in [0.25, 0.3) is 0 Å². The van der Waals surface area contributed by atoms with Crippen molar-refractivity contribution in [1.82, 2.24) is 0 Å². The maximum Gasteiger partial charge on any atom is -0.0257 e. The second-order valence-electron chi connectivity index (χ2n) is 11.3. The summed E-state index contributed by atoms with van der Waals surface area (Å²) in [4.78, 5) is 0. The van der Waals surface area contributed by atoms with Gasteiger partial charge in [-0.05, 0) is 98.7 Å². The molecule has 3 aliphatic rings. The van der Waals surface area contributed by atoms with Crippen molar-refractivity contribution in [2.24, 2.45) is 40.9 Å². The molecule has 0 bridgehead atoms. The standard InChI is InChI=1S/C27H48/c1-5-23-11-8-6-7-10-21(2)20-27(4,17-16-23)26-15-14-25(22(3)18-26)19-24-12-9-13-24/h7,10,21-26H,5-6,8-9,11-20H2,1-4H3/b10-7-. The lowest BCUT2D eigenvalue weighted by Crippen LogP contribution is -2.36. The topological polar surface area (TPSA) is 0 Å². The molecule has 156 valence electrons. The Bertz CT molecular complexity index is 459. The second-order valence-corrected chi connectivity index (χ2v) is 11.3. The van der Waals surface area contributed by atoms with E-state index < -0.39 is 0 Å². The molecule has 27 heavy (non-hydrogen) atoms. The van der Waals surface area contributed by atoms with Crippen LogP contribution in [0.1, 0.15) is 118 Å². The summed E-state index contributed by atoms with van der Waals surface area (Å²) in [6.45, 7) is 10.2. The van der Waals surface area contributed by atoms with Crippen LogP contribution in [0.15, 0.2) is 12.2 Å². The lowest BCUT2D eigenvalue weighted by atomic mass is 9.59. The Balaban J connectivity index is 1.64. The number of rotatable bonds is 4. The molecule has 0 heterocycles. The van der Waals surface area contributed by atoms with E-state index in [0.29, 0.717) is 5.41 Å². The van der Waals surface area contributed by atoms with E-state index in [-0.39, 0.29) is 0 Å². The van der Waals surface area contributed by atoms with Crippen LogP contribution in [0.3, 0.4) is 0 Å². The van der Waals surface area contributed by atoms with E-state index in [1.54, 1.807) is 6.42 Å². The fraction of sp³-hybridized carbons (Fsp3) is 0.926. The first-order chi connectivity index (χ1) is 13.0. The first kappa shape index (κ1) is 21.4. The number of hydrogen-bond donors (Lipinski definition) is 0. The summed E-state index contributed by atoms with van der Waals surface area (Å²) in [5, 5.41) is 0. The third kappa shape index (κ3) is 5.86. The molecule has 2 fully saturated rings. The smallest absolute Gasteiger partial charge is 0.0257 e. The molecule has 0 saturated heterocycles. The van der Waals surface area contributed by atoms with Gasteiger partial charge in [0.2, 0.25) is 0 Å². The lowest BCUT2D eigenvalue weighted by Gasteiger charge is -2.47. The van der Waals surface area contributed by atoms with Crippen LogP contribution in [0.4, 0.5) is 0 Å². The molecule has 0 heteroatoms. The van der Waals surface area contributed by atoms with Gasteiger partial charge in [-0.25, -0.2) is 0 Å². The Morgan fingerprint density at radius 1 is 0.926 bits per heavy atom. The average Bonchev–Trinajstić information content (AvgIpc) is 2.63. The normalized spacial score (nSPS) is 43.5. The van der Waals surface area contributed by atoms with Crippen molar-refractivity contribution in [1.29, 1.82) is 0 Å². The molecule has 0 amide bonds. The van der Waals surface area contributed by atoms with Crippen LogP contribution >= 0.6 is 0 Å². The quantitative estimate of drug-likeness (QED) is 0.432. The molecule has 6 atom stereocenters. The van der Waals surface area contributed by atoms with Gasteiger partial charge in [0.25, 0.3) is 0 Å². The minimum Gasteiger partial charge on any atom is -0.0883 e. The summed E-state index contributed by atoms with van der Waals surface area (Å²) in [5.74, 6) is 5.80. The molecule has 0 aromatic carbocycles. The molecule has 3 aliphatic carbocycles. The highest BCUT2D eigenvalue weighted by Gasteiger charge is 2.40. The second kappa shape index (κ2) is 9.98. The molecule has 0 aliphatic heterocycles. The van der Waals surface area contributed by atoms with E-state index >= 15 is 0 Å². The highest BCUT2D eigenvalue weighted by Crippen LogP contribution is 2.51. The summed E-state index contributed by atoms with van der Waals surface area (Å²) in [6.07, 6.45) is 25.7. The third-order valence-electron chi connectivity index (χ3n) is 9.13. The van der Waals surface area contributed by atoms with Gasteiger partial charge in [0, 0.05) is 0 Å². The zero-order valence-electron chi connectivity index (χ0n) is 19.0. The molecule has 0 radical (unpaired) electrons. The summed E-state index contributed by atoms with van der Waals surface area (Å²) >= 11 is 0. The van der Waals surface area contributed by atoms with Crippen molar-refractivity contribution in [3.05, 3.63) is 12.2 Å². The van der Waals surface area contributed by atoms with Gasteiger partial charge < -0.3 is 0 Å². The van der Waals surface area contributed by atoms with E-state index in [0.717, 1.165) is 35.5 Å². The molecule has 3 rings (SSSR count). The molecule has 0 aromatic rings. The predicted octanol–water partition coefficient (Wildman–Crippen LogP) is 8.81. The number of allylic oxidation sites excluding steroid dienone is 2. The first-order valence-electron chi connectivity index (χ1n) is 12.7. The first-order valence-corrected chi connectivity index (χ1v) is 12.7. The minimum absolute atomic E-state index is 0.567. The summed E-state index contributed by atoms with van der Waals surface area (Å²) in [6, 6.07) is 0. The molecular weight excluding hydrogens is 324 g/mol. The van der Waals surface area contributed by atoms with Gasteiger partial charge in [-0.1, -0.05) is 72.0 Å². The summed E-state index contributed by atoms with van der Waals surface area (Å²) < 4.78 is 0. The van der Waals surface area contributed by atoms with Crippen molar-refractivity contribution in [2.75, 3.05) is 0 Å². The monoisotopic (exact) mass is 372 g/mol. The predicted molar refractivity (Wildman–Crippen MR) is 120 cm³/mol. The van der Waals surface area contributed by atoms with Crippen molar-refractivity contribution in [2.45, 2.75) is 118 Å². The zero-order chi connectivity index (χ0) is 19.3. The van der Waals surface area contributed by atoms with Crippen LogP contribution < -0.4 is 0 Å². The van der Waals surface area contributed by atoms with E-state index in [2.05, 4.69) is 39.8 Å². The Kier molecular flexibility index (Phi) is 7.92. The van der Waals surface area contributed by atoms with Crippen LogP contribution in [-0.2, 0) is 0 Å². The highest BCUT2D eigenvalue weighted by molar-refractivity contribution is 4.95. The maximum absolute atomic E-state index is 2.69. The largest absolute Gasteiger partial charge is 0.0883 e. The van der Waals surface area contributed by atoms with Gasteiger partial charge in [-0.15, -0.1) is 0 Å². The van der Waals surface area contributed by atoms with Crippen molar-refractivity contribution in [3.8, 4) is 0 Å². The van der Waals surface area contributed by atoms with Crippen molar-refractivity contribution >= 4 is 0 Å². The minimum atomic E-state index is 0.567. The van der Waals surface area contributed by atoms with Gasteiger partial charge in [-0.3, -0.25) is 0 Å². The fourth-order valence-corrected chi connectivity index (χ4v) is 6.81. The molecule has 2 saturated carbocycles. The van der Waals surface area contributed by atoms with Crippen LogP contribution in [0.5, 0.6) is 0 Å². The van der Waals surface area contributed by atoms with Crippen molar-refractivity contribution in [3.63, 3.8) is 0 Å². The average molecular weight is 373 g/mol. The van der Waals surface area contributed by atoms with Crippen LogP contribution in [0.2, 0.25) is 0 Å². The van der Waals surface area contributed by atoms with Gasteiger partial charge in [0.05, 0.1) is 0 Å². The van der Waals surface area contributed by atoms with E-state index in [9.17, 15) is 0 Å². The Morgan fingerprint density at radius 2 is 1.70 bits per heavy atom. The molecule has 6 unspecified atom stereocenters. The van der Waals surface area contributed by atoms with Gasteiger partial charge >= 0.3 is 0 Å². The molecule has 0 spiro atoms. The fourth-order valence-electron chi connectivity index (χ4n) is 6.81. The van der Waals surface area contributed by atoms with E-state index in [1.165, 1.54) is 83.5 Å². The maximum atomic E-state index is 2.69. The molecule has 0 aromatic heterocycles. The summed E-state index contributed by atoms with van der Waals surface area (Å²) in [7, 11) is 0. The Hall–Kier alpha value is -0.260. The lowest BCUT2D eigenvalue weighted by molar-refractivity contribution is 0.0414. The zero-order valence-corrected chi connectivity index (χ0v) is 19.0. The Labute approximate surface area is 171 Å². The number of hydrogen-bond acceptors (Lipinski definition) is 0. The highest BCUT2D eigenvalue weighted by atomic mass is 14.5. The van der Waals surface area contributed by atoms with Gasteiger partial charge in [0.1, 0.15) is 0 Å². The SMILES string of the molecule is CCC1CCC/C=C\C(C)CC(C)(C2CCC(CC3CCC3)C(C)C2)CC1. The molecule has 0 nitrogen and oxygen atoms in total. The Morgan fingerprint density at radius 3 is 2.37 bits per heavy atom. The van der Waals surface area contributed by atoms with Crippen molar-refractivity contribution < 1.29 is 0 Å². The summed E-state index contributed by atoms with van der Waals surface area (Å²) in [5.41, 5.74) is 0.567. The van der Waals surface area contributed by atoms with Gasteiger partial charge in [0.15, 0.2) is 0 Å². The van der Waals surface area contributed by atoms with E-state index in [4.69, 9.17) is 0 Å². The van der Waals surface area contributed by atoms with Crippen LogP contribution in [0, 0.1) is 40.9 Å². The third-order valence-corrected chi connectivity index (χ3v) is 9.13. The van der Waals surface area contributed by atoms with Gasteiger partial charge in [-0.2, -0.15) is 0 Å². The van der Waals surface area contributed by atoms with Crippen LogP contribution in [-0.4, -0.2) is 0 Å².